The molecule has 1 aromatic heterocycles. The van der Waals surface area contributed by atoms with E-state index in [1.54, 1.807) is 7.05 Å². The molecule has 0 bridgehead atoms. The average Bonchev–Trinajstić information content (AvgIpc) is 3.29. The van der Waals surface area contributed by atoms with Gasteiger partial charge in [-0.2, -0.15) is 4.98 Å². The van der Waals surface area contributed by atoms with Crippen LogP contribution in [0.25, 0.3) is 0 Å². The molecule has 3 rings (SSSR count). The number of halogens is 1. The zero-order chi connectivity index (χ0) is 17.7. The molecule has 1 aliphatic carbocycles. The number of aliphatic imine (C=N–C) groups is 1. The third-order valence-corrected chi connectivity index (χ3v) is 5.03. The molecular formula is C18H24BrN5O. The largest absolute Gasteiger partial charge is 0.356 e. The van der Waals surface area contributed by atoms with Gasteiger partial charge in [-0.15, -0.1) is 0 Å². The summed E-state index contributed by atoms with van der Waals surface area (Å²) >= 11 is 3.57. The highest BCUT2D eigenvalue weighted by molar-refractivity contribution is 9.10. The Hall–Kier alpha value is -1.89. The second-order valence-electron chi connectivity index (χ2n) is 6.48. The lowest BCUT2D eigenvalue weighted by Gasteiger charge is -2.19. The van der Waals surface area contributed by atoms with Crippen molar-refractivity contribution >= 4 is 21.9 Å². The minimum Gasteiger partial charge on any atom is -0.356 e. The second-order valence-corrected chi connectivity index (χ2v) is 7.40. The van der Waals surface area contributed by atoms with Crippen molar-refractivity contribution in [2.45, 2.75) is 38.0 Å². The Balaban J connectivity index is 1.43. The Bertz CT molecular complexity index is 739. The van der Waals surface area contributed by atoms with Crippen molar-refractivity contribution in [1.82, 2.24) is 20.8 Å². The van der Waals surface area contributed by atoms with Gasteiger partial charge in [-0.25, -0.2) is 0 Å². The van der Waals surface area contributed by atoms with Gasteiger partial charge >= 0.3 is 0 Å². The average molecular weight is 406 g/mol. The maximum atomic E-state index is 5.12. The highest BCUT2D eigenvalue weighted by atomic mass is 79.9. The molecule has 0 aliphatic heterocycles. The van der Waals surface area contributed by atoms with Crippen molar-refractivity contribution in [1.29, 1.82) is 0 Å². The van der Waals surface area contributed by atoms with E-state index < -0.39 is 0 Å². The van der Waals surface area contributed by atoms with Crippen LogP contribution in [0.4, 0.5) is 0 Å². The molecule has 0 radical (unpaired) electrons. The minimum atomic E-state index is 0.239. The van der Waals surface area contributed by atoms with Gasteiger partial charge in [0.2, 0.25) is 5.89 Å². The van der Waals surface area contributed by atoms with Gasteiger partial charge in [-0.1, -0.05) is 33.2 Å². The number of aromatic nitrogens is 2. The summed E-state index contributed by atoms with van der Waals surface area (Å²) in [5.41, 5.74) is 1.62. The fraction of sp³-hybridized carbons (Fsp3) is 0.500. The zero-order valence-electron chi connectivity index (χ0n) is 14.7. The SMILES string of the molecule is CN=C(NCCCc1nc(C)no1)NCC1(c2cccc(Br)c2)CC1. The fourth-order valence-electron chi connectivity index (χ4n) is 2.90. The molecule has 2 aromatic rings. The molecule has 25 heavy (non-hydrogen) atoms. The van der Waals surface area contributed by atoms with Crippen LogP contribution in [0, 0.1) is 6.92 Å². The van der Waals surface area contributed by atoms with Gasteiger partial charge in [0.1, 0.15) is 0 Å². The van der Waals surface area contributed by atoms with Gasteiger partial charge in [-0.05, 0) is 43.9 Å². The molecule has 1 aromatic carbocycles. The Kier molecular flexibility index (Phi) is 5.73. The third kappa shape index (κ3) is 4.81. The lowest BCUT2D eigenvalue weighted by Crippen LogP contribution is -2.41. The molecule has 6 nitrogen and oxygen atoms in total. The quantitative estimate of drug-likeness (QED) is 0.420. The molecule has 0 unspecified atom stereocenters. The van der Waals surface area contributed by atoms with Gasteiger partial charge in [0.05, 0.1) is 0 Å². The summed E-state index contributed by atoms with van der Waals surface area (Å²) in [4.78, 5) is 8.52. The molecule has 0 atom stereocenters. The van der Waals surface area contributed by atoms with Crippen LogP contribution in [-0.2, 0) is 11.8 Å². The van der Waals surface area contributed by atoms with E-state index in [9.17, 15) is 0 Å². The van der Waals surface area contributed by atoms with E-state index in [4.69, 9.17) is 4.52 Å². The van der Waals surface area contributed by atoms with Gasteiger partial charge in [0.25, 0.3) is 0 Å². The topological polar surface area (TPSA) is 75.3 Å². The highest BCUT2D eigenvalue weighted by Gasteiger charge is 2.44. The molecule has 0 amide bonds. The number of nitrogens with zero attached hydrogens (tertiary/aromatic N) is 3. The first kappa shape index (κ1) is 17.9. The number of rotatable bonds is 7. The van der Waals surface area contributed by atoms with Crippen LogP contribution >= 0.6 is 15.9 Å². The van der Waals surface area contributed by atoms with E-state index in [1.807, 2.05) is 6.92 Å². The van der Waals surface area contributed by atoms with Gasteiger partial charge < -0.3 is 15.2 Å². The number of aryl methyl sites for hydroxylation is 2. The normalized spacial score (nSPS) is 15.9. The summed E-state index contributed by atoms with van der Waals surface area (Å²) in [5.74, 6) is 2.21. The molecule has 134 valence electrons. The minimum absolute atomic E-state index is 0.239. The van der Waals surface area contributed by atoms with Crippen molar-refractivity contribution < 1.29 is 4.52 Å². The zero-order valence-corrected chi connectivity index (χ0v) is 16.3. The Morgan fingerprint density at radius 2 is 2.20 bits per heavy atom. The van der Waals surface area contributed by atoms with E-state index in [0.29, 0.717) is 11.7 Å². The van der Waals surface area contributed by atoms with Crippen LogP contribution in [0.5, 0.6) is 0 Å². The van der Waals surface area contributed by atoms with Crippen molar-refractivity contribution in [3.63, 3.8) is 0 Å². The lowest BCUT2D eigenvalue weighted by atomic mass is 9.96. The van der Waals surface area contributed by atoms with Crippen LogP contribution in [0.2, 0.25) is 0 Å². The summed E-state index contributed by atoms with van der Waals surface area (Å²) in [6, 6.07) is 8.60. The summed E-state index contributed by atoms with van der Waals surface area (Å²) in [7, 11) is 1.80. The Labute approximate surface area is 156 Å². The maximum absolute atomic E-state index is 5.12. The molecule has 0 spiro atoms. The van der Waals surface area contributed by atoms with E-state index in [1.165, 1.54) is 18.4 Å². The number of guanidine groups is 1. The summed E-state index contributed by atoms with van der Waals surface area (Å²) in [6.07, 6.45) is 4.11. The first-order chi connectivity index (χ1) is 12.1. The molecule has 1 fully saturated rings. The van der Waals surface area contributed by atoms with Crippen LogP contribution in [0.15, 0.2) is 38.3 Å². The van der Waals surface area contributed by atoms with Gasteiger partial charge in [-0.3, -0.25) is 4.99 Å². The van der Waals surface area contributed by atoms with E-state index in [-0.39, 0.29) is 5.41 Å². The predicted molar refractivity (Wildman–Crippen MR) is 102 cm³/mol. The van der Waals surface area contributed by atoms with Crippen molar-refractivity contribution in [3.8, 4) is 0 Å². The van der Waals surface area contributed by atoms with Crippen molar-refractivity contribution in [2.24, 2.45) is 4.99 Å². The summed E-state index contributed by atoms with van der Waals surface area (Å²) < 4.78 is 6.25. The molecule has 7 heteroatoms. The van der Waals surface area contributed by atoms with Crippen molar-refractivity contribution in [2.75, 3.05) is 20.1 Å². The number of benzene rings is 1. The maximum Gasteiger partial charge on any atom is 0.226 e. The monoisotopic (exact) mass is 405 g/mol. The molecule has 1 saturated carbocycles. The molecule has 0 saturated heterocycles. The van der Waals surface area contributed by atoms with Gasteiger partial charge in [0, 0.05) is 36.4 Å². The summed E-state index contributed by atoms with van der Waals surface area (Å²) in [5, 5.41) is 10.6. The fourth-order valence-corrected chi connectivity index (χ4v) is 3.30. The van der Waals surface area contributed by atoms with Crippen LogP contribution in [0.3, 0.4) is 0 Å². The van der Waals surface area contributed by atoms with Crippen LogP contribution < -0.4 is 10.6 Å². The number of nitrogens with one attached hydrogen (secondary N) is 2. The van der Waals surface area contributed by atoms with Gasteiger partial charge in [0.15, 0.2) is 11.8 Å². The van der Waals surface area contributed by atoms with E-state index in [0.717, 1.165) is 36.4 Å². The lowest BCUT2D eigenvalue weighted by molar-refractivity contribution is 0.372. The highest BCUT2D eigenvalue weighted by Crippen LogP contribution is 2.48. The van der Waals surface area contributed by atoms with Crippen LogP contribution in [-0.4, -0.2) is 36.2 Å². The standard InChI is InChI=1S/C18H24BrN5O/c1-13-23-16(25-24-13)7-4-10-21-17(20-2)22-12-18(8-9-18)14-5-3-6-15(19)11-14/h3,5-6,11H,4,7-10,12H2,1-2H3,(H2,20,21,22). The number of hydrogen-bond donors (Lipinski definition) is 2. The van der Waals surface area contributed by atoms with Crippen molar-refractivity contribution in [3.05, 3.63) is 46.0 Å². The predicted octanol–water partition coefficient (Wildman–Crippen LogP) is 2.97. The molecule has 2 N–H and O–H groups in total. The Morgan fingerprint density at radius 1 is 1.36 bits per heavy atom. The Morgan fingerprint density at radius 3 is 2.84 bits per heavy atom. The van der Waals surface area contributed by atoms with E-state index >= 15 is 0 Å². The summed E-state index contributed by atoms with van der Waals surface area (Å²) in [6.45, 7) is 3.53. The smallest absolute Gasteiger partial charge is 0.226 e. The molecular weight excluding hydrogens is 382 g/mol. The first-order valence-electron chi connectivity index (χ1n) is 8.61. The first-order valence-corrected chi connectivity index (χ1v) is 9.40. The molecule has 1 aliphatic rings. The molecule has 1 heterocycles. The second kappa shape index (κ2) is 7.99. The third-order valence-electron chi connectivity index (χ3n) is 4.54. The van der Waals surface area contributed by atoms with E-state index in [2.05, 4.69) is 66.0 Å². The number of hydrogen-bond acceptors (Lipinski definition) is 4. The van der Waals surface area contributed by atoms with Crippen LogP contribution in [0.1, 0.15) is 36.5 Å².